The first-order valence-corrected chi connectivity index (χ1v) is 12.7. The third-order valence-electron chi connectivity index (χ3n) is 5.76. The van der Waals surface area contributed by atoms with E-state index in [4.69, 9.17) is 9.47 Å². The molecule has 0 spiro atoms. The number of halogens is 3. The number of benzene rings is 2. The smallest absolute Gasteiger partial charge is 0.481 e. The number of esters is 1. The zero-order valence-corrected chi connectivity index (χ0v) is 20.5. The number of carbonyl (C=O) groups is 1. The van der Waals surface area contributed by atoms with Gasteiger partial charge in [0, 0.05) is 10.9 Å². The molecular formula is C26H30F3O4S+. The Hall–Kier alpha value is -2.61. The predicted octanol–water partition coefficient (Wildman–Crippen LogP) is 6.39. The summed E-state index contributed by atoms with van der Waals surface area (Å²) in [5.41, 5.74) is 1.17. The topological polar surface area (TPSA) is 44.8 Å². The van der Waals surface area contributed by atoms with Crippen LogP contribution >= 0.6 is 0 Å². The highest BCUT2D eigenvalue weighted by Crippen LogP contribution is 2.32. The highest BCUT2D eigenvalue weighted by molar-refractivity contribution is 7.96. The van der Waals surface area contributed by atoms with Crippen LogP contribution in [0.15, 0.2) is 53.9 Å². The zero-order chi connectivity index (χ0) is 24.9. The molecule has 1 unspecified atom stereocenters. The molecule has 1 fully saturated rings. The first kappa shape index (κ1) is 26.0. The summed E-state index contributed by atoms with van der Waals surface area (Å²) in [6.45, 7) is 8.97. The molecule has 0 N–H and O–H groups in total. The summed E-state index contributed by atoms with van der Waals surface area (Å²) in [6.07, 6.45) is 0.482. The average molecular weight is 496 g/mol. The van der Waals surface area contributed by atoms with Crippen molar-refractivity contribution in [2.75, 3.05) is 18.1 Å². The van der Waals surface area contributed by atoms with Crippen LogP contribution in [0.1, 0.15) is 42.9 Å². The van der Waals surface area contributed by atoms with E-state index < -0.39 is 17.9 Å². The Balaban J connectivity index is 1.64. The van der Waals surface area contributed by atoms with Crippen molar-refractivity contribution in [2.24, 2.45) is 0 Å². The van der Waals surface area contributed by atoms with Gasteiger partial charge >= 0.3 is 12.3 Å². The van der Waals surface area contributed by atoms with E-state index in [0.29, 0.717) is 11.3 Å². The van der Waals surface area contributed by atoms with Crippen LogP contribution in [0.5, 0.6) is 11.5 Å². The highest BCUT2D eigenvalue weighted by atomic mass is 32.2. The lowest BCUT2D eigenvalue weighted by Crippen LogP contribution is -2.29. The van der Waals surface area contributed by atoms with E-state index in [1.165, 1.54) is 53.9 Å². The van der Waals surface area contributed by atoms with Gasteiger partial charge in [0.25, 0.3) is 0 Å². The van der Waals surface area contributed by atoms with Crippen molar-refractivity contribution in [1.29, 1.82) is 0 Å². The molecule has 0 aliphatic carbocycles. The molecule has 0 radical (unpaired) electrons. The molecule has 2 aromatic carbocycles. The van der Waals surface area contributed by atoms with Gasteiger partial charge in [0.1, 0.15) is 23.0 Å². The third kappa shape index (κ3) is 6.72. The van der Waals surface area contributed by atoms with Gasteiger partial charge in [0.15, 0.2) is 17.1 Å². The van der Waals surface area contributed by atoms with Crippen LogP contribution in [0.25, 0.3) is 0 Å². The molecule has 0 aromatic heterocycles. The largest absolute Gasteiger partial charge is 0.573 e. The SMILES string of the molecule is C=CC(C)(OC(=O)COc1c(C)cc([S+]2CCCCC2)cc1C)c1ccc(OC(F)(F)F)cc1. The van der Waals surface area contributed by atoms with Gasteiger partial charge in [-0.2, -0.15) is 0 Å². The standard InChI is InChI=1S/C26H30F3O4S/c1-5-25(4,20-9-11-21(12-10-20)32-26(27,28)29)33-23(30)17-31-24-18(2)15-22(16-19(24)3)34-13-7-6-8-14-34/h5,9-12,15-16H,1,6-8,13-14,17H2,2-4H3/q+1. The van der Waals surface area contributed by atoms with Gasteiger partial charge in [-0.3, -0.25) is 0 Å². The van der Waals surface area contributed by atoms with Crippen molar-refractivity contribution in [2.45, 2.75) is 56.9 Å². The fourth-order valence-electron chi connectivity index (χ4n) is 3.98. The Morgan fingerprint density at radius 1 is 1.06 bits per heavy atom. The molecule has 0 bridgehead atoms. The van der Waals surface area contributed by atoms with Gasteiger partial charge < -0.3 is 14.2 Å². The van der Waals surface area contributed by atoms with Gasteiger partial charge in [-0.05, 0) is 87.1 Å². The Bertz CT molecular complexity index is 991. The fraction of sp³-hybridized carbons (Fsp3) is 0.423. The van der Waals surface area contributed by atoms with Crippen molar-refractivity contribution in [3.05, 3.63) is 65.7 Å². The normalized spacial score (nSPS) is 16.4. The Kier molecular flexibility index (Phi) is 8.23. The Morgan fingerprint density at radius 3 is 2.18 bits per heavy atom. The van der Waals surface area contributed by atoms with Crippen LogP contribution in [0.2, 0.25) is 0 Å². The summed E-state index contributed by atoms with van der Waals surface area (Å²) in [5, 5.41) is 0. The Morgan fingerprint density at radius 2 is 1.65 bits per heavy atom. The van der Waals surface area contributed by atoms with E-state index in [-0.39, 0.29) is 23.3 Å². The summed E-state index contributed by atoms with van der Waals surface area (Å²) in [7, 11) is 0.277. The van der Waals surface area contributed by atoms with Crippen LogP contribution < -0.4 is 9.47 Å². The number of carbonyl (C=O) groups excluding carboxylic acids is 1. The fourth-order valence-corrected chi connectivity index (χ4v) is 6.44. The van der Waals surface area contributed by atoms with Gasteiger partial charge in [-0.15, -0.1) is 13.2 Å². The number of alkyl halides is 3. The highest BCUT2D eigenvalue weighted by Gasteiger charge is 2.32. The van der Waals surface area contributed by atoms with E-state index in [1.54, 1.807) is 6.92 Å². The average Bonchev–Trinajstić information content (AvgIpc) is 2.78. The van der Waals surface area contributed by atoms with Crippen molar-refractivity contribution in [1.82, 2.24) is 0 Å². The number of aryl methyl sites for hydroxylation is 2. The minimum Gasteiger partial charge on any atom is -0.481 e. The molecule has 3 rings (SSSR count). The second-order valence-corrected chi connectivity index (χ2v) is 10.8. The maximum atomic E-state index is 12.6. The van der Waals surface area contributed by atoms with Crippen LogP contribution in [0, 0.1) is 13.8 Å². The van der Waals surface area contributed by atoms with Gasteiger partial charge in [0.2, 0.25) is 0 Å². The van der Waals surface area contributed by atoms with E-state index in [0.717, 1.165) is 23.3 Å². The summed E-state index contributed by atoms with van der Waals surface area (Å²) in [4.78, 5) is 13.9. The molecule has 1 aliphatic heterocycles. The molecule has 8 heteroatoms. The van der Waals surface area contributed by atoms with Crippen LogP contribution in [-0.4, -0.2) is 30.4 Å². The molecule has 34 heavy (non-hydrogen) atoms. The van der Waals surface area contributed by atoms with Crippen molar-refractivity contribution >= 4 is 16.9 Å². The number of ether oxygens (including phenoxy) is 3. The third-order valence-corrected chi connectivity index (χ3v) is 8.22. The second-order valence-electron chi connectivity index (χ2n) is 8.49. The lowest BCUT2D eigenvalue weighted by molar-refractivity contribution is -0.274. The van der Waals surface area contributed by atoms with Crippen LogP contribution in [0.3, 0.4) is 0 Å². The molecule has 0 saturated carbocycles. The summed E-state index contributed by atoms with van der Waals surface area (Å²) >= 11 is 0. The zero-order valence-electron chi connectivity index (χ0n) is 19.7. The van der Waals surface area contributed by atoms with Crippen LogP contribution in [0.4, 0.5) is 13.2 Å². The minimum atomic E-state index is -4.78. The molecular weight excluding hydrogens is 465 g/mol. The lowest BCUT2D eigenvalue weighted by Gasteiger charge is -2.27. The van der Waals surface area contributed by atoms with Crippen molar-refractivity contribution < 1.29 is 32.2 Å². The molecule has 1 saturated heterocycles. The molecule has 1 aliphatic rings. The number of hydrogen-bond donors (Lipinski definition) is 0. The predicted molar refractivity (Wildman–Crippen MR) is 127 cm³/mol. The van der Waals surface area contributed by atoms with E-state index >= 15 is 0 Å². The van der Waals surface area contributed by atoms with E-state index in [9.17, 15) is 18.0 Å². The minimum absolute atomic E-state index is 0.277. The quantitative estimate of drug-likeness (QED) is 0.242. The lowest BCUT2D eigenvalue weighted by atomic mass is 9.96. The van der Waals surface area contributed by atoms with Gasteiger partial charge in [0.05, 0.1) is 0 Å². The number of hydrogen-bond acceptors (Lipinski definition) is 4. The second kappa shape index (κ2) is 10.8. The molecule has 0 amide bonds. The summed E-state index contributed by atoms with van der Waals surface area (Å²) < 4.78 is 52.5. The molecule has 4 nitrogen and oxygen atoms in total. The maximum Gasteiger partial charge on any atom is 0.573 e. The Labute approximate surface area is 201 Å². The monoisotopic (exact) mass is 495 g/mol. The first-order valence-electron chi connectivity index (χ1n) is 11.1. The number of rotatable bonds is 8. The summed E-state index contributed by atoms with van der Waals surface area (Å²) in [5.74, 6) is 2.15. The molecule has 1 heterocycles. The van der Waals surface area contributed by atoms with E-state index in [1.807, 2.05) is 13.8 Å². The molecule has 184 valence electrons. The first-order chi connectivity index (χ1) is 16.0. The molecule has 2 aromatic rings. The maximum absolute atomic E-state index is 12.6. The van der Waals surface area contributed by atoms with E-state index in [2.05, 4.69) is 23.4 Å². The van der Waals surface area contributed by atoms with Gasteiger partial charge in [-0.1, -0.05) is 18.7 Å². The molecule has 1 atom stereocenters. The summed E-state index contributed by atoms with van der Waals surface area (Å²) in [6, 6.07) is 9.43. The van der Waals surface area contributed by atoms with Crippen LogP contribution in [-0.2, 0) is 26.0 Å². The van der Waals surface area contributed by atoms with Gasteiger partial charge in [-0.25, -0.2) is 4.79 Å². The van der Waals surface area contributed by atoms with Crippen molar-refractivity contribution in [3.63, 3.8) is 0 Å². The van der Waals surface area contributed by atoms with Crippen molar-refractivity contribution in [3.8, 4) is 11.5 Å².